The summed E-state index contributed by atoms with van der Waals surface area (Å²) < 4.78 is 19.7. The van der Waals surface area contributed by atoms with E-state index in [2.05, 4.69) is 23.3 Å². The van der Waals surface area contributed by atoms with E-state index in [-0.39, 0.29) is 11.6 Å². The number of aromatic nitrogens is 1. The highest BCUT2D eigenvalue weighted by molar-refractivity contribution is 5.34. The van der Waals surface area contributed by atoms with Crippen molar-refractivity contribution in [1.82, 2.24) is 10.3 Å². The predicted octanol–water partition coefficient (Wildman–Crippen LogP) is 3.99. The van der Waals surface area contributed by atoms with Gasteiger partial charge in [-0.3, -0.25) is 0 Å². The van der Waals surface area contributed by atoms with E-state index in [9.17, 15) is 4.39 Å². The summed E-state index contributed by atoms with van der Waals surface area (Å²) in [6.45, 7) is 4.55. The van der Waals surface area contributed by atoms with Gasteiger partial charge in [0.1, 0.15) is 0 Å². The lowest BCUT2D eigenvalue weighted by Gasteiger charge is -2.11. The molecule has 0 fully saturated rings. The van der Waals surface area contributed by atoms with Gasteiger partial charge in [0.05, 0.1) is 0 Å². The van der Waals surface area contributed by atoms with Gasteiger partial charge in [-0.05, 0) is 43.7 Å². The number of nitrogens with zero attached hydrogens (tertiary/aromatic N) is 1. The third-order valence-corrected chi connectivity index (χ3v) is 3.17. The molecule has 0 spiro atoms. The number of halogens is 1. The molecule has 1 aromatic carbocycles. The molecule has 3 nitrogen and oxygen atoms in total. The summed E-state index contributed by atoms with van der Waals surface area (Å²) in [6.07, 6.45) is 1.89. The Bertz CT molecular complexity index is 589. The Morgan fingerprint density at radius 1 is 1.29 bits per heavy atom. The van der Waals surface area contributed by atoms with Gasteiger partial charge in [-0.1, -0.05) is 25.5 Å². The van der Waals surface area contributed by atoms with Crippen molar-refractivity contribution in [1.29, 1.82) is 0 Å². The number of hydrogen-bond donors (Lipinski definition) is 1. The smallest absolute Gasteiger partial charge is 0.219 e. The predicted molar refractivity (Wildman–Crippen MR) is 82.2 cm³/mol. The van der Waals surface area contributed by atoms with Crippen LogP contribution in [0.5, 0.6) is 11.6 Å². The molecule has 0 aliphatic rings. The van der Waals surface area contributed by atoms with Crippen molar-refractivity contribution >= 4 is 0 Å². The van der Waals surface area contributed by atoms with Crippen LogP contribution in [-0.2, 0) is 13.0 Å². The maximum absolute atomic E-state index is 14.0. The van der Waals surface area contributed by atoms with Gasteiger partial charge in [-0.2, -0.15) is 0 Å². The van der Waals surface area contributed by atoms with E-state index in [4.69, 9.17) is 4.74 Å². The lowest BCUT2D eigenvalue weighted by atomic mass is 10.1. The topological polar surface area (TPSA) is 34.1 Å². The minimum absolute atomic E-state index is 0.214. The number of aryl methyl sites for hydroxylation is 2. The van der Waals surface area contributed by atoms with Crippen LogP contribution in [0.25, 0.3) is 0 Å². The number of benzene rings is 1. The first-order valence-corrected chi connectivity index (χ1v) is 7.21. The normalized spacial score (nSPS) is 10.7. The highest BCUT2D eigenvalue weighted by atomic mass is 19.1. The molecule has 0 aliphatic carbocycles. The van der Waals surface area contributed by atoms with Crippen LogP contribution in [0.1, 0.15) is 30.2 Å². The van der Waals surface area contributed by atoms with Gasteiger partial charge < -0.3 is 10.1 Å². The van der Waals surface area contributed by atoms with Crippen LogP contribution >= 0.6 is 0 Å². The molecule has 0 radical (unpaired) electrons. The van der Waals surface area contributed by atoms with E-state index in [1.807, 2.05) is 13.1 Å². The molecule has 21 heavy (non-hydrogen) atoms. The molecular weight excluding hydrogens is 267 g/mol. The Labute approximate surface area is 125 Å². The third-order valence-electron chi connectivity index (χ3n) is 3.17. The first kappa shape index (κ1) is 15.4. The van der Waals surface area contributed by atoms with E-state index in [0.29, 0.717) is 11.4 Å². The summed E-state index contributed by atoms with van der Waals surface area (Å²) in [6, 6.07) is 9.01. The average molecular weight is 288 g/mol. The first-order chi connectivity index (χ1) is 10.1. The summed E-state index contributed by atoms with van der Waals surface area (Å²) >= 11 is 0. The van der Waals surface area contributed by atoms with Crippen LogP contribution in [0.4, 0.5) is 4.39 Å². The standard InChI is InChI=1S/C17H21FN2O/c1-4-6-14-9-13(11-19-3)10-16(20-14)21-15-8-5-7-12(2)17(15)18/h5,7-10,19H,4,6,11H2,1-3H3. The van der Waals surface area contributed by atoms with Crippen molar-refractivity contribution in [3.8, 4) is 11.6 Å². The van der Waals surface area contributed by atoms with E-state index < -0.39 is 0 Å². The number of rotatable bonds is 6. The fourth-order valence-electron chi connectivity index (χ4n) is 2.18. The molecule has 2 aromatic rings. The molecule has 1 heterocycles. The van der Waals surface area contributed by atoms with Gasteiger partial charge in [0, 0.05) is 18.3 Å². The summed E-state index contributed by atoms with van der Waals surface area (Å²) in [4.78, 5) is 4.45. The summed E-state index contributed by atoms with van der Waals surface area (Å²) in [5.41, 5.74) is 2.61. The van der Waals surface area contributed by atoms with Crippen LogP contribution in [0, 0.1) is 12.7 Å². The molecule has 112 valence electrons. The molecule has 0 saturated heterocycles. The zero-order valence-corrected chi connectivity index (χ0v) is 12.7. The minimum atomic E-state index is -0.338. The molecule has 4 heteroatoms. The summed E-state index contributed by atoms with van der Waals surface area (Å²) in [5.74, 6) is 0.317. The van der Waals surface area contributed by atoms with Crippen LogP contribution in [0.3, 0.4) is 0 Å². The Morgan fingerprint density at radius 3 is 2.81 bits per heavy atom. The van der Waals surface area contributed by atoms with Crippen LogP contribution in [0.15, 0.2) is 30.3 Å². The molecule has 0 unspecified atom stereocenters. The zero-order chi connectivity index (χ0) is 15.2. The fraction of sp³-hybridized carbons (Fsp3) is 0.353. The SMILES string of the molecule is CCCc1cc(CNC)cc(Oc2cccc(C)c2F)n1. The van der Waals surface area contributed by atoms with Crippen molar-refractivity contribution < 1.29 is 9.13 Å². The molecule has 2 rings (SSSR count). The number of hydrogen-bond acceptors (Lipinski definition) is 3. The van der Waals surface area contributed by atoms with Crippen LogP contribution in [-0.4, -0.2) is 12.0 Å². The van der Waals surface area contributed by atoms with E-state index in [0.717, 1.165) is 30.6 Å². The van der Waals surface area contributed by atoms with Gasteiger partial charge >= 0.3 is 0 Å². The van der Waals surface area contributed by atoms with Crippen molar-refractivity contribution in [2.24, 2.45) is 0 Å². The maximum Gasteiger partial charge on any atom is 0.219 e. The minimum Gasteiger partial charge on any atom is -0.436 e. The monoisotopic (exact) mass is 288 g/mol. The van der Waals surface area contributed by atoms with Crippen molar-refractivity contribution in [2.75, 3.05) is 7.05 Å². The average Bonchev–Trinajstić information content (AvgIpc) is 2.44. The lowest BCUT2D eigenvalue weighted by Crippen LogP contribution is -2.07. The van der Waals surface area contributed by atoms with Crippen molar-refractivity contribution in [2.45, 2.75) is 33.2 Å². The molecular formula is C17H21FN2O. The summed E-state index contributed by atoms with van der Waals surface area (Å²) in [5, 5.41) is 3.11. The second-order valence-electron chi connectivity index (χ2n) is 5.07. The van der Waals surface area contributed by atoms with Crippen molar-refractivity contribution in [3.63, 3.8) is 0 Å². The Kier molecular flexibility index (Phi) is 5.28. The molecule has 0 amide bonds. The number of nitrogens with one attached hydrogen (secondary N) is 1. The largest absolute Gasteiger partial charge is 0.436 e. The molecule has 1 aromatic heterocycles. The second-order valence-corrected chi connectivity index (χ2v) is 5.07. The Morgan fingerprint density at radius 2 is 2.10 bits per heavy atom. The van der Waals surface area contributed by atoms with Gasteiger partial charge in [-0.15, -0.1) is 0 Å². The van der Waals surface area contributed by atoms with Crippen molar-refractivity contribution in [3.05, 3.63) is 53.0 Å². The van der Waals surface area contributed by atoms with Gasteiger partial charge in [-0.25, -0.2) is 9.37 Å². The molecule has 1 N–H and O–H groups in total. The van der Waals surface area contributed by atoms with Gasteiger partial charge in [0.15, 0.2) is 11.6 Å². The Hall–Kier alpha value is -1.94. The van der Waals surface area contributed by atoms with Gasteiger partial charge in [0.2, 0.25) is 5.88 Å². The van der Waals surface area contributed by atoms with E-state index in [1.165, 1.54) is 0 Å². The molecule has 0 atom stereocenters. The van der Waals surface area contributed by atoms with Crippen LogP contribution < -0.4 is 10.1 Å². The highest BCUT2D eigenvalue weighted by Crippen LogP contribution is 2.26. The first-order valence-electron chi connectivity index (χ1n) is 7.21. The lowest BCUT2D eigenvalue weighted by molar-refractivity contribution is 0.423. The van der Waals surface area contributed by atoms with E-state index in [1.54, 1.807) is 25.1 Å². The third kappa shape index (κ3) is 4.02. The maximum atomic E-state index is 14.0. The molecule has 0 aliphatic heterocycles. The number of ether oxygens (including phenoxy) is 1. The fourth-order valence-corrected chi connectivity index (χ4v) is 2.18. The summed E-state index contributed by atoms with van der Waals surface area (Å²) in [7, 11) is 1.89. The molecule has 0 bridgehead atoms. The van der Waals surface area contributed by atoms with E-state index >= 15 is 0 Å². The molecule has 0 saturated carbocycles. The second kappa shape index (κ2) is 7.18. The number of pyridine rings is 1. The highest BCUT2D eigenvalue weighted by Gasteiger charge is 2.09. The van der Waals surface area contributed by atoms with Gasteiger partial charge in [0.25, 0.3) is 0 Å². The quantitative estimate of drug-likeness (QED) is 0.872. The Balaban J connectivity index is 2.31. The zero-order valence-electron chi connectivity index (χ0n) is 12.7. The van der Waals surface area contributed by atoms with Crippen LogP contribution in [0.2, 0.25) is 0 Å².